The van der Waals surface area contributed by atoms with Crippen molar-refractivity contribution in [3.05, 3.63) is 42.0 Å². The van der Waals surface area contributed by atoms with Gasteiger partial charge in [0.05, 0.1) is 7.11 Å². The van der Waals surface area contributed by atoms with E-state index in [-0.39, 0.29) is 11.8 Å². The lowest BCUT2D eigenvalue weighted by Gasteiger charge is -2.17. The molecule has 3 rings (SSSR count). The van der Waals surface area contributed by atoms with E-state index in [1.165, 1.54) is 12.0 Å². The molecule has 1 amide bonds. The summed E-state index contributed by atoms with van der Waals surface area (Å²) in [7, 11) is 1.67. The van der Waals surface area contributed by atoms with Crippen LogP contribution in [0.4, 0.5) is 0 Å². The van der Waals surface area contributed by atoms with Crippen LogP contribution in [0.15, 0.2) is 36.4 Å². The van der Waals surface area contributed by atoms with Crippen molar-refractivity contribution in [2.24, 2.45) is 17.8 Å². The van der Waals surface area contributed by atoms with Gasteiger partial charge in [-0.3, -0.25) is 4.79 Å². The highest BCUT2D eigenvalue weighted by Gasteiger charge is 2.39. The Morgan fingerprint density at radius 1 is 1.25 bits per heavy atom. The summed E-state index contributed by atoms with van der Waals surface area (Å²) < 4.78 is 5.13. The molecule has 0 unspecified atom stereocenters. The van der Waals surface area contributed by atoms with E-state index < -0.39 is 0 Å². The van der Waals surface area contributed by atoms with Crippen molar-refractivity contribution in [3.63, 3.8) is 0 Å². The molecule has 0 aliphatic heterocycles. The second-order valence-corrected chi connectivity index (χ2v) is 5.78. The van der Waals surface area contributed by atoms with Crippen molar-refractivity contribution in [2.75, 3.05) is 13.7 Å². The molecule has 1 aromatic rings. The number of hydrogen-bond acceptors (Lipinski definition) is 2. The molecule has 0 saturated heterocycles. The average Bonchev–Trinajstić information content (AvgIpc) is 3.10. The summed E-state index contributed by atoms with van der Waals surface area (Å²) in [6.07, 6.45) is 7.58. The van der Waals surface area contributed by atoms with Crippen LogP contribution in [-0.4, -0.2) is 19.6 Å². The zero-order valence-corrected chi connectivity index (χ0v) is 11.8. The maximum Gasteiger partial charge on any atom is 0.223 e. The molecule has 0 aromatic heterocycles. The normalized spacial score (nSPS) is 26.8. The molecule has 3 heteroatoms. The number of rotatable bonds is 5. The van der Waals surface area contributed by atoms with Crippen LogP contribution in [0.3, 0.4) is 0 Å². The number of ether oxygens (including phenoxy) is 1. The Morgan fingerprint density at radius 3 is 2.65 bits per heavy atom. The SMILES string of the molecule is COc1ccc(CCNC(=O)[C@@H]2C[C@H]3C=C[C@H]2C3)cc1. The van der Waals surface area contributed by atoms with E-state index in [0.29, 0.717) is 18.4 Å². The molecule has 3 nitrogen and oxygen atoms in total. The molecular formula is C17H21NO2. The molecule has 106 valence electrons. The number of amides is 1. The summed E-state index contributed by atoms with van der Waals surface area (Å²) in [4.78, 5) is 12.2. The van der Waals surface area contributed by atoms with Gasteiger partial charge < -0.3 is 10.1 Å². The molecule has 1 aromatic carbocycles. The predicted octanol–water partition coefficient (Wildman–Crippen LogP) is 2.57. The van der Waals surface area contributed by atoms with Gasteiger partial charge in [0.2, 0.25) is 5.91 Å². The molecule has 2 aliphatic rings. The Bertz CT molecular complexity index is 506. The van der Waals surface area contributed by atoms with Gasteiger partial charge >= 0.3 is 0 Å². The number of benzene rings is 1. The molecule has 0 heterocycles. The van der Waals surface area contributed by atoms with Crippen LogP contribution in [0.2, 0.25) is 0 Å². The summed E-state index contributed by atoms with van der Waals surface area (Å²) in [6, 6.07) is 8.01. The van der Waals surface area contributed by atoms with Crippen molar-refractivity contribution in [1.29, 1.82) is 0 Å². The Balaban J connectivity index is 1.45. The minimum absolute atomic E-state index is 0.209. The van der Waals surface area contributed by atoms with Crippen LogP contribution in [0, 0.1) is 17.8 Å². The average molecular weight is 271 g/mol. The highest BCUT2D eigenvalue weighted by Crippen LogP contribution is 2.43. The first-order chi connectivity index (χ1) is 9.76. The second kappa shape index (κ2) is 5.70. The van der Waals surface area contributed by atoms with Gasteiger partial charge in [0.25, 0.3) is 0 Å². The first-order valence-corrected chi connectivity index (χ1v) is 7.35. The van der Waals surface area contributed by atoms with Gasteiger partial charge in [-0.1, -0.05) is 24.3 Å². The van der Waals surface area contributed by atoms with Crippen LogP contribution in [-0.2, 0) is 11.2 Å². The zero-order valence-electron chi connectivity index (χ0n) is 11.8. The molecule has 3 atom stereocenters. The highest BCUT2D eigenvalue weighted by atomic mass is 16.5. The Hall–Kier alpha value is -1.77. The fraction of sp³-hybridized carbons (Fsp3) is 0.471. The van der Waals surface area contributed by atoms with E-state index in [9.17, 15) is 4.79 Å². The van der Waals surface area contributed by atoms with Gasteiger partial charge in [-0.2, -0.15) is 0 Å². The van der Waals surface area contributed by atoms with Crippen molar-refractivity contribution in [3.8, 4) is 5.75 Å². The number of carbonyl (C=O) groups is 1. The predicted molar refractivity (Wildman–Crippen MR) is 78.6 cm³/mol. The molecule has 2 bridgehead atoms. The monoisotopic (exact) mass is 271 g/mol. The summed E-state index contributed by atoms with van der Waals surface area (Å²) in [6.45, 7) is 0.711. The standard InChI is InChI=1S/C17H21NO2/c1-20-15-6-3-12(4-7-15)8-9-18-17(19)16-11-13-2-5-14(16)10-13/h2-7,13-14,16H,8-11H2,1H3,(H,18,19)/t13-,14-,16+/m0/s1. The lowest BCUT2D eigenvalue weighted by Crippen LogP contribution is -2.34. The van der Waals surface area contributed by atoms with Gasteiger partial charge in [0.15, 0.2) is 0 Å². The molecule has 20 heavy (non-hydrogen) atoms. The highest BCUT2D eigenvalue weighted by molar-refractivity contribution is 5.80. The fourth-order valence-electron chi connectivity index (χ4n) is 3.34. The van der Waals surface area contributed by atoms with Crippen LogP contribution in [0.5, 0.6) is 5.75 Å². The first kappa shape index (κ1) is 13.2. The lowest BCUT2D eigenvalue weighted by molar-refractivity contribution is -0.125. The van der Waals surface area contributed by atoms with E-state index in [0.717, 1.165) is 18.6 Å². The van der Waals surface area contributed by atoms with E-state index in [1.807, 2.05) is 24.3 Å². The fourth-order valence-corrected chi connectivity index (χ4v) is 3.34. The molecule has 1 fully saturated rings. The molecule has 2 aliphatic carbocycles. The smallest absolute Gasteiger partial charge is 0.223 e. The van der Waals surface area contributed by atoms with Crippen molar-refractivity contribution in [2.45, 2.75) is 19.3 Å². The van der Waals surface area contributed by atoms with E-state index in [1.54, 1.807) is 7.11 Å². The number of methoxy groups -OCH3 is 1. The minimum Gasteiger partial charge on any atom is -0.497 e. The number of carbonyl (C=O) groups excluding carboxylic acids is 1. The van der Waals surface area contributed by atoms with Gasteiger partial charge in [0, 0.05) is 12.5 Å². The topological polar surface area (TPSA) is 38.3 Å². The maximum atomic E-state index is 12.2. The van der Waals surface area contributed by atoms with E-state index >= 15 is 0 Å². The lowest BCUT2D eigenvalue weighted by atomic mass is 9.93. The van der Waals surface area contributed by atoms with Gasteiger partial charge in [-0.25, -0.2) is 0 Å². The third-order valence-corrected chi connectivity index (χ3v) is 4.49. The molecule has 1 N–H and O–H groups in total. The molecule has 0 spiro atoms. The van der Waals surface area contributed by atoms with Crippen LogP contribution < -0.4 is 10.1 Å². The van der Waals surface area contributed by atoms with Gasteiger partial charge in [-0.05, 0) is 48.8 Å². The van der Waals surface area contributed by atoms with E-state index in [4.69, 9.17) is 4.74 Å². The molecule has 1 saturated carbocycles. The largest absolute Gasteiger partial charge is 0.497 e. The minimum atomic E-state index is 0.209. The van der Waals surface area contributed by atoms with Crippen LogP contribution >= 0.6 is 0 Å². The zero-order chi connectivity index (χ0) is 13.9. The first-order valence-electron chi connectivity index (χ1n) is 7.35. The number of fused-ring (bicyclic) bond motifs is 2. The van der Waals surface area contributed by atoms with Crippen LogP contribution in [0.25, 0.3) is 0 Å². The van der Waals surface area contributed by atoms with Crippen molar-refractivity contribution < 1.29 is 9.53 Å². The number of nitrogens with one attached hydrogen (secondary N) is 1. The Kier molecular flexibility index (Phi) is 3.77. The summed E-state index contributed by atoms with van der Waals surface area (Å²) in [5.74, 6) is 2.45. The second-order valence-electron chi connectivity index (χ2n) is 5.78. The Morgan fingerprint density at radius 2 is 2.05 bits per heavy atom. The third kappa shape index (κ3) is 2.72. The summed E-state index contributed by atoms with van der Waals surface area (Å²) in [5.41, 5.74) is 1.22. The molecular weight excluding hydrogens is 250 g/mol. The maximum absolute atomic E-state index is 12.2. The van der Waals surface area contributed by atoms with Gasteiger partial charge in [-0.15, -0.1) is 0 Å². The third-order valence-electron chi connectivity index (χ3n) is 4.49. The van der Waals surface area contributed by atoms with Crippen molar-refractivity contribution >= 4 is 5.91 Å². The Labute approximate surface area is 120 Å². The van der Waals surface area contributed by atoms with Crippen LogP contribution in [0.1, 0.15) is 18.4 Å². The summed E-state index contributed by atoms with van der Waals surface area (Å²) >= 11 is 0. The number of allylic oxidation sites excluding steroid dienone is 2. The molecule has 0 radical (unpaired) electrons. The summed E-state index contributed by atoms with van der Waals surface area (Å²) in [5, 5.41) is 3.08. The van der Waals surface area contributed by atoms with E-state index in [2.05, 4.69) is 17.5 Å². The quantitative estimate of drug-likeness (QED) is 0.836. The van der Waals surface area contributed by atoms with Gasteiger partial charge in [0.1, 0.15) is 5.75 Å². The number of hydrogen-bond donors (Lipinski definition) is 1. The van der Waals surface area contributed by atoms with Crippen molar-refractivity contribution in [1.82, 2.24) is 5.32 Å².